The average molecular weight is 252 g/mol. The predicted octanol–water partition coefficient (Wildman–Crippen LogP) is 0.550. The molecule has 0 bridgehead atoms. The first kappa shape index (κ1) is 14.4. The van der Waals surface area contributed by atoms with Crippen LogP contribution in [-0.2, 0) is 4.79 Å². The van der Waals surface area contributed by atoms with E-state index in [0.29, 0.717) is 5.82 Å². The third-order valence-electron chi connectivity index (χ3n) is 2.51. The number of nitrogens with zero attached hydrogens (tertiary/aromatic N) is 1. The van der Waals surface area contributed by atoms with Crippen LogP contribution in [0.4, 0.5) is 11.5 Å². The summed E-state index contributed by atoms with van der Waals surface area (Å²) in [5.41, 5.74) is 6.24. The molecule has 1 aromatic heterocycles. The van der Waals surface area contributed by atoms with Crippen molar-refractivity contribution in [2.24, 2.45) is 5.73 Å². The van der Waals surface area contributed by atoms with E-state index in [4.69, 9.17) is 10.8 Å². The van der Waals surface area contributed by atoms with E-state index in [0.717, 1.165) is 12.1 Å². The Bertz CT molecular complexity index is 374. The van der Waals surface area contributed by atoms with Crippen LogP contribution in [0.25, 0.3) is 0 Å². The Hall–Kier alpha value is -1.66. The molecule has 18 heavy (non-hydrogen) atoms. The molecule has 6 heteroatoms. The van der Waals surface area contributed by atoms with Crippen LogP contribution < -0.4 is 16.4 Å². The van der Waals surface area contributed by atoms with Gasteiger partial charge in [-0.15, -0.1) is 0 Å². The molecule has 1 aromatic rings. The number of pyridine rings is 1. The number of rotatable bonds is 6. The maximum Gasteiger partial charge on any atom is 0.242 e. The lowest BCUT2D eigenvalue weighted by Gasteiger charge is -2.15. The Labute approximate surface area is 107 Å². The summed E-state index contributed by atoms with van der Waals surface area (Å²) < 4.78 is 0. The standard InChI is InChI=1S/C12H20N4O2/c1-3-9(7-17)15-10-4-5-11(14-6-10)16-12(18)8(2)13/h4-6,8-9,15,17H,3,7,13H2,1-2H3,(H,14,16,18). The number of hydrogen-bond donors (Lipinski definition) is 4. The average Bonchev–Trinajstić information content (AvgIpc) is 2.37. The van der Waals surface area contributed by atoms with Gasteiger partial charge in [0.2, 0.25) is 5.91 Å². The molecule has 1 rings (SSSR count). The van der Waals surface area contributed by atoms with E-state index < -0.39 is 6.04 Å². The molecule has 0 saturated carbocycles. The van der Waals surface area contributed by atoms with E-state index in [1.807, 2.05) is 6.92 Å². The van der Waals surface area contributed by atoms with E-state index in [9.17, 15) is 4.79 Å². The van der Waals surface area contributed by atoms with Crippen molar-refractivity contribution in [1.82, 2.24) is 4.98 Å². The van der Waals surface area contributed by atoms with Gasteiger partial charge in [-0.1, -0.05) is 6.92 Å². The fourth-order valence-corrected chi connectivity index (χ4v) is 1.31. The lowest BCUT2D eigenvalue weighted by atomic mass is 10.2. The Morgan fingerprint density at radius 3 is 2.72 bits per heavy atom. The number of aliphatic hydroxyl groups excluding tert-OH is 1. The molecular formula is C12H20N4O2. The van der Waals surface area contributed by atoms with E-state index in [1.54, 1.807) is 25.3 Å². The molecule has 0 aromatic carbocycles. The van der Waals surface area contributed by atoms with Gasteiger partial charge in [0.05, 0.1) is 24.5 Å². The number of aliphatic hydroxyl groups is 1. The van der Waals surface area contributed by atoms with Gasteiger partial charge in [-0.25, -0.2) is 4.98 Å². The lowest BCUT2D eigenvalue weighted by Crippen LogP contribution is -2.32. The zero-order chi connectivity index (χ0) is 13.5. The van der Waals surface area contributed by atoms with E-state index in [1.165, 1.54) is 0 Å². The Morgan fingerprint density at radius 1 is 1.56 bits per heavy atom. The highest BCUT2D eigenvalue weighted by atomic mass is 16.3. The van der Waals surface area contributed by atoms with Crippen LogP contribution in [-0.4, -0.2) is 34.7 Å². The van der Waals surface area contributed by atoms with Crippen molar-refractivity contribution in [3.8, 4) is 0 Å². The number of aromatic nitrogens is 1. The van der Waals surface area contributed by atoms with Crippen LogP contribution in [0.2, 0.25) is 0 Å². The summed E-state index contributed by atoms with van der Waals surface area (Å²) in [7, 11) is 0. The molecule has 2 atom stereocenters. The fraction of sp³-hybridized carbons (Fsp3) is 0.500. The lowest BCUT2D eigenvalue weighted by molar-refractivity contribution is -0.117. The number of nitrogens with one attached hydrogen (secondary N) is 2. The van der Waals surface area contributed by atoms with Gasteiger partial charge in [-0.2, -0.15) is 0 Å². The van der Waals surface area contributed by atoms with Crippen LogP contribution in [0.3, 0.4) is 0 Å². The van der Waals surface area contributed by atoms with E-state index in [-0.39, 0.29) is 18.6 Å². The summed E-state index contributed by atoms with van der Waals surface area (Å²) in [5.74, 6) is 0.185. The predicted molar refractivity (Wildman–Crippen MR) is 71.3 cm³/mol. The number of anilines is 2. The summed E-state index contributed by atoms with van der Waals surface area (Å²) >= 11 is 0. The van der Waals surface area contributed by atoms with Crippen molar-refractivity contribution in [3.63, 3.8) is 0 Å². The second kappa shape index (κ2) is 6.93. The minimum atomic E-state index is -0.566. The van der Waals surface area contributed by atoms with Gasteiger partial charge < -0.3 is 21.5 Å². The van der Waals surface area contributed by atoms with Gasteiger partial charge in [0.15, 0.2) is 0 Å². The van der Waals surface area contributed by atoms with Crippen molar-refractivity contribution < 1.29 is 9.90 Å². The summed E-state index contributed by atoms with van der Waals surface area (Å²) in [6.07, 6.45) is 2.43. The molecule has 1 heterocycles. The number of amides is 1. The monoisotopic (exact) mass is 252 g/mol. The van der Waals surface area contributed by atoms with Crippen LogP contribution in [0, 0.1) is 0 Å². The Balaban J connectivity index is 2.60. The molecule has 1 amide bonds. The Kier molecular flexibility index (Phi) is 5.54. The fourth-order valence-electron chi connectivity index (χ4n) is 1.31. The third kappa shape index (κ3) is 4.31. The normalized spacial score (nSPS) is 13.8. The van der Waals surface area contributed by atoms with Crippen molar-refractivity contribution >= 4 is 17.4 Å². The van der Waals surface area contributed by atoms with Crippen LogP contribution >= 0.6 is 0 Å². The SMILES string of the molecule is CCC(CO)Nc1ccc(NC(=O)C(C)N)nc1. The van der Waals surface area contributed by atoms with Crippen molar-refractivity contribution in [3.05, 3.63) is 18.3 Å². The van der Waals surface area contributed by atoms with Gasteiger partial charge in [0, 0.05) is 6.04 Å². The van der Waals surface area contributed by atoms with Crippen LogP contribution in [0.5, 0.6) is 0 Å². The second-order valence-corrected chi connectivity index (χ2v) is 4.14. The molecule has 0 aliphatic rings. The van der Waals surface area contributed by atoms with Gasteiger partial charge in [0.1, 0.15) is 5.82 Å². The summed E-state index contributed by atoms with van der Waals surface area (Å²) in [4.78, 5) is 15.4. The zero-order valence-corrected chi connectivity index (χ0v) is 10.7. The number of hydrogen-bond acceptors (Lipinski definition) is 5. The van der Waals surface area contributed by atoms with Crippen LogP contribution in [0.1, 0.15) is 20.3 Å². The zero-order valence-electron chi connectivity index (χ0n) is 10.7. The molecule has 0 aliphatic heterocycles. The summed E-state index contributed by atoms with van der Waals surface area (Å²) in [6.45, 7) is 3.66. The molecule has 0 spiro atoms. The summed E-state index contributed by atoms with van der Waals surface area (Å²) in [6, 6.07) is 2.93. The molecule has 5 N–H and O–H groups in total. The highest BCUT2D eigenvalue weighted by Gasteiger charge is 2.08. The number of carbonyl (C=O) groups is 1. The molecular weight excluding hydrogens is 232 g/mol. The van der Waals surface area contributed by atoms with Crippen molar-refractivity contribution in [1.29, 1.82) is 0 Å². The quantitative estimate of drug-likeness (QED) is 0.592. The minimum Gasteiger partial charge on any atom is -0.394 e. The third-order valence-corrected chi connectivity index (χ3v) is 2.51. The van der Waals surface area contributed by atoms with Gasteiger partial charge in [0.25, 0.3) is 0 Å². The first-order valence-corrected chi connectivity index (χ1v) is 5.96. The first-order chi connectivity index (χ1) is 8.56. The maximum absolute atomic E-state index is 11.3. The van der Waals surface area contributed by atoms with Gasteiger partial charge in [-0.3, -0.25) is 4.79 Å². The van der Waals surface area contributed by atoms with Gasteiger partial charge >= 0.3 is 0 Å². The van der Waals surface area contributed by atoms with E-state index in [2.05, 4.69) is 15.6 Å². The first-order valence-electron chi connectivity index (χ1n) is 5.96. The minimum absolute atomic E-state index is 0.0105. The molecule has 0 radical (unpaired) electrons. The number of carbonyl (C=O) groups excluding carboxylic acids is 1. The van der Waals surface area contributed by atoms with Crippen LogP contribution in [0.15, 0.2) is 18.3 Å². The molecule has 100 valence electrons. The maximum atomic E-state index is 11.3. The highest BCUT2D eigenvalue weighted by molar-refractivity contribution is 5.93. The Morgan fingerprint density at radius 2 is 2.28 bits per heavy atom. The van der Waals surface area contributed by atoms with Crippen molar-refractivity contribution in [2.45, 2.75) is 32.4 Å². The molecule has 0 saturated heterocycles. The smallest absolute Gasteiger partial charge is 0.242 e. The summed E-state index contributed by atoms with van der Waals surface area (Å²) in [5, 5.41) is 14.8. The highest BCUT2D eigenvalue weighted by Crippen LogP contribution is 2.11. The van der Waals surface area contributed by atoms with E-state index >= 15 is 0 Å². The topological polar surface area (TPSA) is 100 Å². The van der Waals surface area contributed by atoms with Crippen molar-refractivity contribution in [2.75, 3.05) is 17.2 Å². The molecule has 0 fully saturated rings. The molecule has 2 unspecified atom stereocenters. The second-order valence-electron chi connectivity index (χ2n) is 4.14. The molecule has 0 aliphatic carbocycles. The van der Waals surface area contributed by atoms with Gasteiger partial charge in [-0.05, 0) is 25.5 Å². The number of nitrogens with two attached hydrogens (primary N) is 1. The largest absolute Gasteiger partial charge is 0.394 e. The molecule has 6 nitrogen and oxygen atoms in total.